The maximum atomic E-state index is 13.1. The fourth-order valence-electron chi connectivity index (χ4n) is 3.98. The van der Waals surface area contributed by atoms with Gasteiger partial charge in [-0.15, -0.1) is 10.2 Å². The highest BCUT2D eigenvalue weighted by Gasteiger charge is 2.31. The highest BCUT2D eigenvalue weighted by atomic mass is 32.2. The number of aromatic nitrogens is 2. The van der Waals surface area contributed by atoms with Crippen molar-refractivity contribution >= 4 is 34.9 Å². The molecular weight excluding hydrogens is 470 g/mol. The Hall–Kier alpha value is -4.44. The number of hydrogen-bond acceptors (Lipinski definition) is 9. The normalized spacial score (nSPS) is 13.4. The summed E-state index contributed by atoms with van der Waals surface area (Å²) in [5.74, 6) is 0.552. The molecule has 1 amide bonds. The van der Waals surface area contributed by atoms with Crippen molar-refractivity contribution in [2.24, 2.45) is 0 Å². The molecule has 172 valence electrons. The number of anilines is 1. The van der Waals surface area contributed by atoms with E-state index in [0.717, 1.165) is 11.8 Å². The van der Waals surface area contributed by atoms with E-state index in [4.69, 9.17) is 13.9 Å². The number of carbonyl (C=O) groups excluding carboxylic acids is 3. The molecule has 1 aromatic heterocycles. The smallest absolute Gasteiger partial charge is 0.277 e. The fraction of sp³-hybridized carbons (Fsp3) is 0.0800. The van der Waals surface area contributed by atoms with Crippen molar-refractivity contribution in [3.8, 4) is 23.0 Å². The van der Waals surface area contributed by atoms with E-state index in [1.165, 1.54) is 0 Å². The van der Waals surface area contributed by atoms with Crippen molar-refractivity contribution in [1.29, 1.82) is 0 Å². The molecule has 35 heavy (non-hydrogen) atoms. The van der Waals surface area contributed by atoms with Crippen LogP contribution in [-0.4, -0.2) is 40.2 Å². The van der Waals surface area contributed by atoms with Crippen molar-refractivity contribution < 1.29 is 28.3 Å². The molecule has 1 aliphatic carbocycles. The molecular formula is C25H15N3O6S. The Morgan fingerprint density at radius 1 is 0.886 bits per heavy atom. The van der Waals surface area contributed by atoms with Gasteiger partial charge in [-0.05, 0) is 24.3 Å². The molecule has 0 bridgehead atoms. The van der Waals surface area contributed by atoms with Gasteiger partial charge in [-0.25, -0.2) is 0 Å². The summed E-state index contributed by atoms with van der Waals surface area (Å²) >= 11 is 1.06. The second-order valence-corrected chi connectivity index (χ2v) is 8.64. The summed E-state index contributed by atoms with van der Waals surface area (Å²) in [6, 6.07) is 16.8. The van der Waals surface area contributed by atoms with E-state index in [9.17, 15) is 14.4 Å². The van der Waals surface area contributed by atoms with Gasteiger partial charge in [0.05, 0.1) is 17.0 Å². The fourth-order valence-corrected chi connectivity index (χ4v) is 4.54. The van der Waals surface area contributed by atoms with Crippen LogP contribution >= 0.6 is 11.8 Å². The molecule has 0 radical (unpaired) electrons. The Labute approximate surface area is 202 Å². The van der Waals surface area contributed by atoms with Crippen LogP contribution in [0.4, 0.5) is 5.69 Å². The van der Waals surface area contributed by atoms with Crippen LogP contribution < -0.4 is 14.8 Å². The Morgan fingerprint density at radius 2 is 1.66 bits per heavy atom. The predicted molar refractivity (Wildman–Crippen MR) is 125 cm³/mol. The van der Waals surface area contributed by atoms with Crippen LogP contribution in [0.3, 0.4) is 0 Å². The molecule has 2 aliphatic rings. The minimum atomic E-state index is -0.384. The summed E-state index contributed by atoms with van der Waals surface area (Å²) in [5, 5.41) is 10.9. The number of hydrogen-bond donors (Lipinski definition) is 1. The van der Waals surface area contributed by atoms with Gasteiger partial charge in [-0.3, -0.25) is 14.4 Å². The standard InChI is InChI=1S/C25H15N3O6S/c29-20(11-35-25-28-27-24(34-25)13-8-9-18-19(10-13)33-12-32-18)26-17-7-3-6-16-21(17)23(31)15-5-2-1-4-14(15)22(16)30/h1-10H,11-12H2,(H,26,29). The number of ketones is 2. The molecule has 4 aromatic rings. The van der Waals surface area contributed by atoms with Crippen LogP contribution in [0.15, 0.2) is 70.3 Å². The first-order valence-corrected chi connectivity index (χ1v) is 11.5. The lowest BCUT2D eigenvalue weighted by molar-refractivity contribution is -0.113. The predicted octanol–water partition coefficient (Wildman–Crippen LogP) is 3.97. The van der Waals surface area contributed by atoms with Crippen LogP contribution in [0.25, 0.3) is 11.5 Å². The van der Waals surface area contributed by atoms with Crippen molar-refractivity contribution in [1.82, 2.24) is 10.2 Å². The highest BCUT2D eigenvalue weighted by molar-refractivity contribution is 7.99. The first kappa shape index (κ1) is 21.1. The van der Waals surface area contributed by atoms with Gasteiger partial charge in [0.25, 0.3) is 5.22 Å². The topological polar surface area (TPSA) is 121 Å². The lowest BCUT2D eigenvalue weighted by Gasteiger charge is -2.20. The lowest BCUT2D eigenvalue weighted by atomic mass is 9.83. The largest absolute Gasteiger partial charge is 0.454 e. The van der Waals surface area contributed by atoms with Crippen molar-refractivity contribution in [3.05, 3.63) is 82.9 Å². The van der Waals surface area contributed by atoms with Crippen LogP contribution in [0.1, 0.15) is 31.8 Å². The molecule has 2 heterocycles. The van der Waals surface area contributed by atoms with Crippen LogP contribution in [0, 0.1) is 0 Å². The number of thioether (sulfide) groups is 1. The van der Waals surface area contributed by atoms with E-state index in [2.05, 4.69) is 15.5 Å². The zero-order chi connectivity index (χ0) is 23.9. The van der Waals surface area contributed by atoms with Gasteiger partial charge in [0.15, 0.2) is 23.1 Å². The van der Waals surface area contributed by atoms with E-state index in [1.807, 2.05) is 0 Å². The van der Waals surface area contributed by atoms with E-state index in [-0.39, 0.29) is 57.9 Å². The number of nitrogens with one attached hydrogen (secondary N) is 1. The Kier molecular flexibility index (Phi) is 5.07. The van der Waals surface area contributed by atoms with Gasteiger partial charge in [0, 0.05) is 22.3 Å². The highest BCUT2D eigenvalue weighted by Crippen LogP contribution is 2.36. The third-order valence-electron chi connectivity index (χ3n) is 5.58. The zero-order valence-corrected chi connectivity index (χ0v) is 18.8. The number of ether oxygens (including phenoxy) is 2. The van der Waals surface area contributed by atoms with E-state index >= 15 is 0 Å². The maximum Gasteiger partial charge on any atom is 0.277 e. The quantitative estimate of drug-likeness (QED) is 0.369. The Bertz CT molecular complexity index is 1530. The minimum absolute atomic E-state index is 0.0365. The lowest BCUT2D eigenvalue weighted by Crippen LogP contribution is -2.24. The molecule has 1 N–H and O–H groups in total. The summed E-state index contributed by atoms with van der Waals surface area (Å²) in [6.07, 6.45) is 0. The van der Waals surface area contributed by atoms with Gasteiger partial charge in [-0.1, -0.05) is 48.2 Å². The van der Waals surface area contributed by atoms with Gasteiger partial charge in [0.1, 0.15) is 0 Å². The first-order valence-electron chi connectivity index (χ1n) is 10.6. The van der Waals surface area contributed by atoms with Gasteiger partial charge in [0.2, 0.25) is 18.6 Å². The molecule has 1 aliphatic heterocycles. The molecule has 0 saturated carbocycles. The Balaban J connectivity index is 1.16. The zero-order valence-electron chi connectivity index (χ0n) is 17.9. The summed E-state index contributed by atoms with van der Waals surface area (Å²) < 4.78 is 16.3. The van der Waals surface area contributed by atoms with Gasteiger partial charge in [-0.2, -0.15) is 0 Å². The van der Waals surface area contributed by atoms with Crippen LogP contribution in [0.5, 0.6) is 11.5 Å². The number of amides is 1. The SMILES string of the molecule is O=C(CSc1nnc(-c2ccc3c(c2)OCO3)o1)Nc1cccc2c1C(=O)c1ccccc1C2=O. The second-order valence-electron chi connectivity index (χ2n) is 7.71. The molecule has 0 fully saturated rings. The molecule has 3 aromatic carbocycles. The first-order chi connectivity index (χ1) is 17.1. The number of rotatable bonds is 5. The van der Waals surface area contributed by atoms with Crippen LogP contribution in [-0.2, 0) is 4.79 Å². The van der Waals surface area contributed by atoms with Gasteiger partial charge < -0.3 is 19.2 Å². The summed E-state index contributed by atoms with van der Waals surface area (Å²) in [6.45, 7) is 0.162. The third kappa shape index (κ3) is 3.73. The Morgan fingerprint density at radius 3 is 2.51 bits per heavy atom. The average molecular weight is 485 g/mol. The molecule has 0 unspecified atom stereocenters. The molecule has 0 saturated heterocycles. The molecule has 0 atom stereocenters. The van der Waals surface area contributed by atoms with Crippen molar-refractivity contribution in [2.45, 2.75) is 5.22 Å². The molecule has 9 nitrogen and oxygen atoms in total. The van der Waals surface area contributed by atoms with Crippen molar-refractivity contribution in [2.75, 3.05) is 17.9 Å². The molecule has 0 spiro atoms. The second kappa shape index (κ2) is 8.41. The number of fused-ring (bicyclic) bond motifs is 3. The average Bonchev–Trinajstić information content (AvgIpc) is 3.55. The van der Waals surface area contributed by atoms with Crippen LogP contribution in [0.2, 0.25) is 0 Å². The van der Waals surface area contributed by atoms with E-state index in [1.54, 1.807) is 60.7 Å². The summed E-state index contributed by atoms with van der Waals surface area (Å²) in [7, 11) is 0. The summed E-state index contributed by atoms with van der Waals surface area (Å²) in [5.41, 5.74) is 2.09. The summed E-state index contributed by atoms with van der Waals surface area (Å²) in [4.78, 5) is 38.6. The van der Waals surface area contributed by atoms with E-state index in [0.29, 0.717) is 28.2 Å². The molecule has 10 heteroatoms. The van der Waals surface area contributed by atoms with E-state index < -0.39 is 0 Å². The van der Waals surface area contributed by atoms with Crippen molar-refractivity contribution in [3.63, 3.8) is 0 Å². The minimum Gasteiger partial charge on any atom is -0.454 e. The number of nitrogens with zero attached hydrogens (tertiary/aromatic N) is 2. The maximum absolute atomic E-state index is 13.1. The molecule has 6 rings (SSSR count). The number of carbonyl (C=O) groups is 3. The third-order valence-corrected chi connectivity index (χ3v) is 6.40. The van der Waals surface area contributed by atoms with Gasteiger partial charge >= 0.3 is 0 Å². The monoisotopic (exact) mass is 485 g/mol. The number of benzene rings is 3.